The number of ether oxygens (including phenoxy) is 1. The first-order chi connectivity index (χ1) is 13.5. The number of hydrogen-bond acceptors (Lipinski definition) is 6. The second-order valence-corrected chi connectivity index (χ2v) is 9.81. The maximum atomic E-state index is 12.8. The minimum absolute atomic E-state index is 0.0678. The highest BCUT2D eigenvalue weighted by atomic mass is 32.1. The molecule has 1 atom stereocenters. The molecule has 2 fully saturated rings. The van der Waals surface area contributed by atoms with Crippen molar-refractivity contribution in [3.8, 4) is 0 Å². The summed E-state index contributed by atoms with van der Waals surface area (Å²) in [4.78, 5) is 30.5. The maximum Gasteiger partial charge on any atom is 0.332 e. The van der Waals surface area contributed by atoms with E-state index in [1.807, 2.05) is 11.3 Å². The van der Waals surface area contributed by atoms with Crippen molar-refractivity contribution in [1.82, 2.24) is 19.2 Å². The average molecular weight is 403 g/mol. The Morgan fingerprint density at radius 2 is 2.04 bits per heavy atom. The summed E-state index contributed by atoms with van der Waals surface area (Å²) in [7, 11) is 0. The average Bonchev–Trinajstić information content (AvgIpc) is 3.42. The first kappa shape index (κ1) is 18.3. The molecule has 7 nitrogen and oxygen atoms in total. The van der Waals surface area contributed by atoms with Crippen LogP contribution in [0.4, 0.5) is 0 Å². The lowest BCUT2D eigenvalue weighted by molar-refractivity contribution is -0.0860. The van der Waals surface area contributed by atoms with Gasteiger partial charge in [0.1, 0.15) is 12.2 Å². The maximum absolute atomic E-state index is 12.8. The quantitative estimate of drug-likeness (QED) is 0.735. The highest BCUT2D eigenvalue weighted by molar-refractivity contribution is 7.11. The molecule has 1 aliphatic carbocycles. The molecule has 3 aliphatic rings. The number of hydrogen-bond donors (Lipinski definition) is 0. The summed E-state index contributed by atoms with van der Waals surface area (Å²) in [5.41, 5.74) is -1.31. The molecule has 0 bridgehead atoms. The smallest absolute Gasteiger partial charge is 0.332 e. The van der Waals surface area contributed by atoms with Crippen LogP contribution in [0.15, 0.2) is 21.7 Å². The lowest BCUT2D eigenvalue weighted by atomic mass is 10.0. The third kappa shape index (κ3) is 3.17. The number of likely N-dealkylation sites (tertiary alicyclic amines) is 1. The van der Waals surface area contributed by atoms with Crippen molar-refractivity contribution in [3.63, 3.8) is 0 Å². The fourth-order valence-corrected chi connectivity index (χ4v) is 5.80. The Balaban J connectivity index is 1.37. The van der Waals surface area contributed by atoms with Crippen molar-refractivity contribution in [2.75, 3.05) is 13.1 Å². The van der Waals surface area contributed by atoms with Crippen LogP contribution >= 0.6 is 11.3 Å². The molecule has 28 heavy (non-hydrogen) atoms. The van der Waals surface area contributed by atoms with Crippen LogP contribution in [-0.4, -0.2) is 37.9 Å². The van der Waals surface area contributed by atoms with Crippen molar-refractivity contribution in [2.24, 2.45) is 0 Å². The molecule has 2 aliphatic heterocycles. The van der Waals surface area contributed by atoms with Gasteiger partial charge in [0.05, 0.1) is 12.6 Å². The molecule has 0 N–H and O–H groups in total. The monoisotopic (exact) mass is 402 g/mol. The third-order valence-electron chi connectivity index (χ3n) is 6.37. The third-order valence-corrected chi connectivity index (χ3v) is 7.35. The summed E-state index contributed by atoms with van der Waals surface area (Å²) in [6.07, 6.45) is 4.91. The predicted octanol–water partition coefficient (Wildman–Crippen LogP) is 2.06. The van der Waals surface area contributed by atoms with Gasteiger partial charge in [0.2, 0.25) is 0 Å². The van der Waals surface area contributed by atoms with Gasteiger partial charge in [-0.3, -0.25) is 19.1 Å². The van der Waals surface area contributed by atoms with Crippen LogP contribution in [0.2, 0.25) is 0 Å². The molecule has 0 aromatic carbocycles. The fourth-order valence-electron chi connectivity index (χ4n) is 4.87. The summed E-state index contributed by atoms with van der Waals surface area (Å²) in [5.74, 6) is 0.592. The Morgan fingerprint density at radius 1 is 1.21 bits per heavy atom. The minimum atomic E-state index is -0.475. The molecule has 150 valence electrons. The Kier molecular flexibility index (Phi) is 4.52. The summed E-state index contributed by atoms with van der Waals surface area (Å²) in [6.45, 7) is 5.48. The predicted molar refractivity (Wildman–Crippen MR) is 107 cm³/mol. The van der Waals surface area contributed by atoms with E-state index in [0.29, 0.717) is 19.0 Å². The summed E-state index contributed by atoms with van der Waals surface area (Å²) >= 11 is 1.82. The first-order valence-corrected chi connectivity index (χ1v) is 11.0. The van der Waals surface area contributed by atoms with Crippen LogP contribution in [0, 0.1) is 6.92 Å². The lowest BCUT2D eigenvalue weighted by Crippen LogP contribution is -2.53. The van der Waals surface area contributed by atoms with Gasteiger partial charge in [-0.25, -0.2) is 4.68 Å². The molecule has 1 spiro atoms. The Bertz CT molecular complexity index is 1000. The minimum Gasteiger partial charge on any atom is -0.364 e. The van der Waals surface area contributed by atoms with Crippen molar-refractivity contribution in [3.05, 3.63) is 48.4 Å². The van der Waals surface area contributed by atoms with E-state index in [0.717, 1.165) is 51.7 Å². The van der Waals surface area contributed by atoms with E-state index in [9.17, 15) is 9.59 Å². The summed E-state index contributed by atoms with van der Waals surface area (Å²) in [6, 6.07) is 4.40. The zero-order valence-electron chi connectivity index (χ0n) is 16.2. The van der Waals surface area contributed by atoms with E-state index < -0.39 is 16.7 Å². The molecule has 1 saturated carbocycles. The Hall–Kier alpha value is -1.77. The molecule has 0 radical (unpaired) electrons. The zero-order valence-corrected chi connectivity index (χ0v) is 17.0. The van der Waals surface area contributed by atoms with Gasteiger partial charge < -0.3 is 4.74 Å². The van der Waals surface area contributed by atoms with Crippen LogP contribution in [0.25, 0.3) is 0 Å². The highest BCUT2D eigenvalue weighted by Crippen LogP contribution is 2.33. The first-order valence-electron chi connectivity index (χ1n) is 10.2. The summed E-state index contributed by atoms with van der Waals surface area (Å²) in [5, 5.41) is 4.53. The Morgan fingerprint density at radius 3 is 2.79 bits per heavy atom. The van der Waals surface area contributed by atoms with E-state index in [-0.39, 0.29) is 6.04 Å². The second kappa shape index (κ2) is 6.93. The molecular formula is C20H26N4O3S. The summed E-state index contributed by atoms with van der Waals surface area (Å²) < 4.78 is 9.28. The molecule has 2 aromatic rings. The van der Waals surface area contributed by atoms with Gasteiger partial charge in [0.15, 0.2) is 5.82 Å². The zero-order chi connectivity index (χ0) is 19.3. The van der Waals surface area contributed by atoms with Gasteiger partial charge in [-0.15, -0.1) is 11.3 Å². The van der Waals surface area contributed by atoms with E-state index in [2.05, 4.69) is 29.1 Å². The number of fused-ring (bicyclic) bond motifs is 1. The lowest BCUT2D eigenvalue weighted by Gasteiger charge is -2.35. The number of rotatable bonds is 3. The number of aromatic nitrogens is 3. The van der Waals surface area contributed by atoms with Gasteiger partial charge >= 0.3 is 11.1 Å². The van der Waals surface area contributed by atoms with Gasteiger partial charge in [0.25, 0.3) is 0 Å². The van der Waals surface area contributed by atoms with Gasteiger partial charge in [-0.1, -0.05) is 12.8 Å². The van der Waals surface area contributed by atoms with Gasteiger partial charge in [0, 0.05) is 29.4 Å². The van der Waals surface area contributed by atoms with Crippen LogP contribution in [0.3, 0.4) is 0 Å². The van der Waals surface area contributed by atoms with Crippen molar-refractivity contribution < 1.29 is 4.74 Å². The van der Waals surface area contributed by atoms with Gasteiger partial charge in [-0.05, 0) is 38.3 Å². The molecule has 4 heterocycles. The fraction of sp³-hybridized carbons (Fsp3) is 0.650. The molecule has 1 saturated heterocycles. The molecular weight excluding hydrogens is 376 g/mol. The van der Waals surface area contributed by atoms with Crippen molar-refractivity contribution in [2.45, 2.75) is 70.4 Å². The topological polar surface area (TPSA) is 69.4 Å². The van der Waals surface area contributed by atoms with E-state index in [1.54, 1.807) is 4.57 Å². The second-order valence-electron chi connectivity index (χ2n) is 8.44. The molecule has 0 unspecified atom stereocenters. The van der Waals surface area contributed by atoms with Crippen LogP contribution in [0.1, 0.15) is 53.7 Å². The molecule has 0 amide bonds. The number of thiophene rings is 1. The number of aryl methyl sites for hydroxylation is 1. The normalized spacial score (nSPS) is 25.6. The van der Waals surface area contributed by atoms with Crippen molar-refractivity contribution in [1.29, 1.82) is 0 Å². The highest BCUT2D eigenvalue weighted by Gasteiger charge is 2.43. The Labute approximate surface area is 167 Å². The van der Waals surface area contributed by atoms with Crippen LogP contribution in [-0.2, 0) is 24.4 Å². The van der Waals surface area contributed by atoms with Crippen LogP contribution < -0.4 is 11.1 Å². The molecule has 8 heteroatoms. The molecule has 2 aromatic heterocycles. The van der Waals surface area contributed by atoms with Crippen molar-refractivity contribution >= 4 is 11.3 Å². The number of nitrogens with zero attached hydrogens (tertiary/aromatic N) is 4. The SMILES string of the molecule is Cc1ccc(CN2CC[C@@]3(C2)Cn2c(nn(C4CCCC4)c(=O)c2=O)CO3)s1. The van der Waals surface area contributed by atoms with Crippen LogP contribution in [0.5, 0.6) is 0 Å². The largest absolute Gasteiger partial charge is 0.364 e. The van der Waals surface area contributed by atoms with Gasteiger partial charge in [-0.2, -0.15) is 5.10 Å². The molecule has 5 rings (SSSR count). The standard InChI is InChI=1S/C20H26N4O3S/c1-14-6-7-16(28-14)10-22-9-8-20(12-22)13-23-17(11-27-20)21-24(19(26)18(23)25)15-4-2-3-5-15/h6-7,15H,2-5,8-13H2,1H3/t20-/m1/s1. The van der Waals surface area contributed by atoms with E-state index >= 15 is 0 Å². The van der Waals surface area contributed by atoms with E-state index in [1.165, 1.54) is 14.4 Å². The van der Waals surface area contributed by atoms with E-state index in [4.69, 9.17) is 4.74 Å².